The summed E-state index contributed by atoms with van der Waals surface area (Å²) in [5, 5.41) is 7.15. The van der Waals surface area contributed by atoms with Crippen molar-refractivity contribution in [2.75, 3.05) is 0 Å². The second kappa shape index (κ2) is 6.58. The Labute approximate surface area is 159 Å². The van der Waals surface area contributed by atoms with Gasteiger partial charge < -0.3 is 4.74 Å². The molecule has 134 valence electrons. The van der Waals surface area contributed by atoms with E-state index < -0.39 is 0 Å². The number of para-hydroxylation sites is 1. The molecule has 3 nitrogen and oxygen atoms in total. The normalized spacial score (nSPS) is 20.5. The molecule has 3 aromatic rings. The number of hydrogen-bond acceptors (Lipinski definition) is 3. The van der Waals surface area contributed by atoms with Crippen LogP contribution in [0.2, 0.25) is 0 Å². The summed E-state index contributed by atoms with van der Waals surface area (Å²) >= 11 is 0. The van der Waals surface area contributed by atoms with Gasteiger partial charge in [0, 0.05) is 17.5 Å². The van der Waals surface area contributed by atoms with Gasteiger partial charge in [-0.25, -0.2) is 5.01 Å². The number of rotatable bonds is 3. The summed E-state index contributed by atoms with van der Waals surface area (Å²) in [5.74, 6) is 0.966. The van der Waals surface area contributed by atoms with Crippen molar-refractivity contribution in [3.8, 4) is 5.75 Å². The number of ether oxygens (including phenoxy) is 1. The van der Waals surface area contributed by atoms with E-state index in [1.165, 1.54) is 16.7 Å². The van der Waals surface area contributed by atoms with Crippen LogP contribution in [0.3, 0.4) is 0 Å². The summed E-state index contributed by atoms with van der Waals surface area (Å²) in [7, 11) is 0. The lowest BCUT2D eigenvalue weighted by Gasteiger charge is -2.38. The fourth-order valence-electron chi connectivity index (χ4n) is 3.98. The van der Waals surface area contributed by atoms with Crippen LogP contribution in [0.25, 0.3) is 0 Å². The average molecular weight is 354 g/mol. The highest BCUT2D eigenvalue weighted by atomic mass is 16.5. The lowest BCUT2D eigenvalue weighted by Crippen LogP contribution is -2.33. The highest BCUT2D eigenvalue weighted by Gasteiger charge is 2.40. The van der Waals surface area contributed by atoms with Crippen LogP contribution in [0, 0.1) is 0 Å². The van der Waals surface area contributed by atoms with Crippen molar-refractivity contribution in [1.29, 1.82) is 0 Å². The average Bonchev–Trinajstić information content (AvgIpc) is 3.20. The predicted octanol–water partition coefficient (Wildman–Crippen LogP) is 5.49. The molecule has 0 saturated carbocycles. The molecule has 2 atom stereocenters. The quantitative estimate of drug-likeness (QED) is 0.621. The lowest BCUT2D eigenvalue weighted by atomic mass is 9.96. The molecule has 5 rings (SSSR count). The van der Waals surface area contributed by atoms with E-state index in [-0.39, 0.29) is 12.3 Å². The second-order valence-electron chi connectivity index (χ2n) is 7.12. The smallest absolute Gasteiger partial charge is 0.213 e. The predicted molar refractivity (Wildman–Crippen MR) is 108 cm³/mol. The maximum atomic E-state index is 6.41. The third-order valence-electron chi connectivity index (χ3n) is 5.48. The number of hydrogen-bond donors (Lipinski definition) is 0. The van der Waals surface area contributed by atoms with Gasteiger partial charge in [0.25, 0.3) is 0 Å². The number of aryl methyl sites for hydroxylation is 1. The van der Waals surface area contributed by atoms with E-state index in [0.29, 0.717) is 0 Å². The fraction of sp³-hybridized carbons (Fsp3) is 0.208. The first-order valence-corrected chi connectivity index (χ1v) is 9.59. The molecule has 2 heterocycles. The molecule has 0 amide bonds. The van der Waals surface area contributed by atoms with Gasteiger partial charge in [-0.3, -0.25) is 0 Å². The zero-order valence-corrected chi connectivity index (χ0v) is 15.4. The van der Waals surface area contributed by atoms with Gasteiger partial charge >= 0.3 is 0 Å². The Hall–Kier alpha value is -3.07. The molecule has 3 heteroatoms. The maximum absolute atomic E-state index is 6.41. The van der Waals surface area contributed by atoms with Gasteiger partial charge in [0.2, 0.25) is 6.23 Å². The van der Waals surface area contributed by atoms with Gasteiger partial charge in [-0.15, -0.1) is 0 Å². The first-order valence-electron chi connectivity index (χ1n) is 9.59. The van der Waals surface area contributed by atoms with E-state index in [9.17, 15) is 0 Å². The largest absolute Gasteiger partial charge is 0.464 e. The molecular formula is C24H22N2O. The van der Waals surface area contributed by atoms with Crippen LogP contribution in [-0.2, 0) is 6.42 Å². The molecule has 0 unspecified atom stereocenters. The highest BCUT2D eigenvalue weighted by Crippen LogP contribution is 2.47. The van der Waals surface area contributed by atoms with E-state index in [1.54, 1.807) is 0 Å². The fourth-order valence-corrected chi connectivity index (χ4v) is 3.98. The molecule has 2 aliphatic rings. The van der Waals surface area contributed by atoms with Crippen LogP contribution in [0.4, 0.5) is 0 Å². The summed E-state index contributed by atoms with van der Waals surface area (Å²) in [4.78, 5) is 0. The Morgan fingerprint density at radius 1 is 0.926 bits per heavy atom. The van der Waals surface area contributed by atoms with Crippen molar-refractivity contribution >= 4 is 5.71 Å². The molecule has 3 aromatic carbocycles. The lowest BCUT2D eigenvalue weighted by molar-refractivity contribution is -0.0190. The Morgan fingerprint density at radius 2 is 1.67 bits per heavy atom. The number of nitrogens with zero attached hydrogens (tertiary/aromatic N) is 2. The minimum Gasteiger partial charge on any atom is -0.464 e. The topological polar surface area (TPSA) is 24.8 Å². The van der Waals surface area contributed by atoms with Gasteiger partial charge in [-0.05, 0) is 23.6 Å². The SMILES string of the molecule is CCc1ccc([C@@H]2Oc3ccccc3[C@@H]3CC(c4ccccc4)=NN32)cc1. The molecule has 0 fully saturated rings. The molecule has 0 radical (unpaired) electrons. The van der Waals surface area contributed by atoms with Crippen LogP contribution in [0.1, 0.15) is 47.9 Å². The molecule has 0 aromatic heterocycles. The van der Waals surface area contributed by atoms with E-state index in [0.717, 1.165) is 29.9 Å². The summed E-state index contributed by atoms with van der Waals surface area (Å²) in [6, 6.07) is 27.7. The second-order valence-corrected chi connectivity index (χ2v) is 7.12. The third-order valence-corrected chi connectivity index (χ3v) is 5.48. The van der Waals surface area contributed by atoms with E-state index in [4.69, 9.17) is 9.84 Å². The molecular weight excluding hydrogens is 332 g/mol. The number of benzene rings is 3. The number of hydrazone groups is 1. The summed E-state index contributed by atoms with van der Waals surface area (Å²) in [5.41, 5.74) is 6.00. The Kier molecular flexibility index (Phi) is 3.93. The summed E-state index contributed by atoms with van der Waals surface area (Å²) in [6.45, 7) is 2.18. The van der Waals surface area contributed by atoms with Crippen LogP contribution < -0.4 is 4.74 Å². The van der Waals surface area contributed by atoms with E-state index in [2.05, 4.69) is 78.7 Å². The first-order chi connectivity index (χ1) is 13.3. The van der Waals surface area contributed by atoms with Crippen molar-refractivity contribution in [2.45, 2.75) is 32.0 Å². The van der Waals surface area contributed by atoms with Crippen molar-refractivity contribution in [3.63, 3.8) is 0 Å². The zero-order valence-electron chi connectivity index (χ0n) is 15.4. The van der Waals surface area contributed by atoms with E-state index in [1.807, 2.05) is 12.1 Å². The number of fused-ring (bicyclic) bond motifs is 3. The van der Waals surface area contributed by atoms with Crippen molar-refractivity contribution in [3.05, 3.63) is 101 Å². The monoisotopic (exact) mass is 354 g/mol. The van der Waals surface area contributed by atoms with Gasteiger partial charge in [-0.2, -0.15) is 5.10 Å². The molecule has 2 aliphatic heterocycles. The van der Waals surface area contributed by atoms with Gasteiger partial charge in [0.05, 0.1) is 11.8 Å². The molecule has 27 heavy (non-hydrogen) atoms. The van der Waals surface area contributed by atoms with Crippen LogP contribution in [-0.4, -0.2) is 10.7 Å². The van der Waals surface area contributed by atoms with Crippen LogP contribution >= 0.6 is 0 Å². The zero-order chi connectivity index (χ0) is 18.2. The standard InChI is InChI=1S/C24H22N2O/c1-2-17-12-14-19(15-13-17)24-26-22(20-10-6-7-11-23(20)27-24)16-21(25-26)18-8-4-3-5-9-18/h3-15,22,24H,2,16H2,1H3/t22-,24-/m0/s1. The molecule has 0 spiro atoms. The Bertz CT molecular complexity index is 979. The minimum atomic E-state index is -0.197. The summed E-state index contributed by atoms with van der Waals surface area (Å²) in [6.07, 6.45) is 1.74. The maximum Gasteiger partial charge on any atom is 0.213 e. The van der Waals surface area contributed by atoms with Gasteiger partial charge in [0.1, 0.15) is 5.75 Å². The van der Waals surface area contributed by atoms with Crippen LogP contribution in [0.15, 0.2) is 84.0 Å². The van der Waals surface area contributed by atoms with Crippen molar-refractivity contribution in [1.82, 2.24) is 5.01 Å². The molecule has 0 saturated heterocycles. The summed E-state index contributed by atoms with van der Waals surface area (Å²) < 4.78 is 6.41. The first kappa shape index (κ1) is 16.1. The minimum absolute atomic E-state index is 0.197. The Morgan fingerprint density at radius 3 is 2.44 bits per heavy atom. The van der Waals surface area contributed by atoms with Crippen molar-refractivity contribution < 1.29 is 4.74 Å². The highest BCUT2D eigenvalue weighted by molar-refractivity contribution is 6.01. The third kappa shape index (κ3) is 2.80. The van der Waals surface area contributed by atoms with Gasteiger partial charge in [0.15, 0.2) is 0 Å². The molecule has 0 aliphatic carbocycles. The van der Waals surface area contributed by atoms with Crippen molar-refractivity contribution in [2.24, 2.45) is 5.10 Å². The van der Waals surface area contributed by atoms with Gasteiger partial charge in [-0.1, -0.05) is 79.7 Å². The molecule has 0 N–H and O–H groups in total. The Balaban J connectivity index is 1.57. The van der Waals surface area contributed by atoms with Crippen LogP contribution in [0.5, 0.6) is 5.75 Å². The molecule has 0 bridgehead atoms. The van der Waals surface area contributed by atoms with E-state index >= 15 is 0 Å².